The molecule has 0 unspecified atom stereocenters. The van der Waals surface area contributed by atoms with Crippen molar-refractivity contribution in [2.24, 2.45) is 11.8 Å². The highest BCUT2D eigenvalue weighted by atomic mass is 19.4. The van der Waals surface area contributed by atoms with Crippen molar-refractivity contribution in [3.8, 4) is 11.8 Å². The van der Waals surface area contributed by atoms with Gasteiger partial charge >= 0.3 is 12.1 Å². The molecule has 1 amide bonds. The second kappa shape index (κ2) is 7.39. The summed E-state index contributed by atoms with van der Waals surface area (Å²) in [6.45, 7) is 0.00329. The van der Waals surface area contributed by atoms with Gasteiger partial charge < -0.3 is 10.4 Å². The molecule has 0 spiro atoms. The third-order valence-corrected chi connectivity index (χ3v) is 3.93. The molecule has 2 atom stereocenters. The zero-order chi connectivity index (χ0) is 17.7. The molecule has 0 bridgehead atoms. The van der Waals surface area contributed by atoms with Gasteiger partial charge in [-0.3, -0.25) is 9.59 Å². The molecule has 1 aliphatic carbocycles. The third-order valence-electron chi connectivity index (χ3n) is 3.93. The van der Waals surface area contributed by atoms with Crippen LogP contribution in [0, 0.1) is 23.7 Å². The lowest BCUT2D eigenvalue weighted by Gasteiger charge is -2.08. The van der Waals surface area contributed by atoms with E-state index in [1.807, 2.05) is 0 Å². The predicted molar refractivity (Wildman–Crippen MR) is 79.8 cm³/mol. The number of hydrogen-bond acceptors (Lipinski definition) is 2. The van der Waals surface area contributed by atoms with E-state index in [9.17, 15) is 22.8 Å². The number of benzene rings is 1. The Kier molecular flexibility index (Phi) is 5.50. The number of alkyl halides is 3. The summed E-state index contributed by atoms with van der Waals surface area (Å²) in [5.41, 5.74) is -0.560. The molecule has 1 aromatic rings. The van der Waals surface area contributed by atoms with Crippen LogP contribution >= 0.6 is 0 Å². The molecule has 2 rings (SSSR count). The van der Waals surface area contributed by atoms with Crippen LogP contribution in [0.5, 0.6) is 0 Å². The van der Waals surface area contributed by atoms with E-state index >= 15 is 0 Å². The summed E-state index contributed by atoms with van der Waals surface area (Å²) < 4.78 is 37.7. The Morgan fingerprint density at radius 3 is 2.58 bits per heavy atom. The molecule has 7 heteroatoms. The molecule has 0 radical (unpaired) electrons. The Balaban J connectivity index is 1.86. The Labute approximate surface area is 137 Å². The van der Waals surface area contributed by atoms with Gasteiger partial charge in [0.25, 0.3) is 0 Å². The van der Waals surface area contributed by atoms with Gasteiger partial charge in [-0.05, 0) is 37.5 Å². The molecule has 24 heavy (non-hydrogen) atoms. The van der Waals surface area contributed by atoms with E-state index in [2.05, 4.69) is 17.2 Å². The normalized spacial score (nSPS) is 20.1. The smallest absolute Gasteiger partial charge is 0.416 e. The Hall–Kier alpha value is -2.49. The quantitative estimate of drug-likeness (QED) is 0.832. The highest BCUT2D eigenvalue weighted by Gasteiger charge is 2.33. The Morgan fingerprint density at radius 1 is 1.25 bits per heavy atom. The number of carbonyl (C=O) groups is 2. The number of rotatable bonds is 3. The summed E-state index contributed by atoms with van der Waals surface area (Å²) in [6, 6.07) is 4.64. The van der Waals surface area contributed by atoms with Crippen LogP contribution in [0.1, 0.15) is 30.4 Å². The van der Waals surface area contributed by atoms with Crippen LogP contribution in [-0.4, -0.2) is 23.5 Å². The average molecular weight is 339 g/mol. The molecule has 4 nitrogen and oxygen atoms in total. The molecule has 1 aliphatic rings. The van der Waals surface area contributed by atoms with Crippen molar-refractivity contribution in [2.75, 3.05) is 6.54 Å². The van der Waals surface area contributed by atoms with Crippen molar-refractivity contribution in [2.45, 2.75) is 25.4 Å². The molecule has 1 saturated carbocycles. The molecule has 128 valence electrons. The maximum atomic E-state index is 12.6. The molecule has 0 aliphatic heterocycles. The van der Waals surface area contributed by atoms with Crippen molar-refractivity contribution in [3.63, 3.8) is 0 Å². The van der Waals surface area contributed by atoms with Crippen molar-refractivity contribution in [3.05, 3.63) is 35.4 Å². The molecule has 0 saturated heterocycles. The van der Waals surface area contributed by atoms with E-state index < -0.39 is 23.6 Å². The van der Waals surface area contributed by atoms with Gasteiger partial charge in [0, 0.05) is 11.5 Å². The van der Waals surface area contributed by atoms with Crippen LogP contribution in [0.25, 0.3) is 0 Å². The topological polar surface area (TPSA) is 66.4 Å². The summed E-state index contributed by atoms with van der Waals surface area (Å²) in [7, 11) is 0. The average Bonchev–Trinajstić information content (AvgIpc) is 3.01. The van der Waals surface area contributed by atoms with Crippen molar-refractivity contribution < 1.29 is 27.9 Å². The SMILES string of the molecule is O=C(O)[C@@H]1CC[C@H](C(=O)NCC#Cc2cccc(C(F)(F)F)c2)C1. The summed E-state index contributed by atoms with van der Waals surface area (Å²) >= 11 is 0. The monoisotopic (exact) mass is 339 g/mol. The van der Waals surface area contributed by atoms with E-state index in [1.54, 1.807) is 0 Å². The number of amides is 1. The zero-order valence-corrected chi connectivity index (χ0v) is 12.7. The predicted octanol–water partition coefficient (Wildman–Crippen LogP) is 2.67. The zero-order valence-electron chi connectivity index (χ0n) is 12.7. The van der Waals surface area contributed by atoms with Gasteiger partial charge in [-0.25, -0.2) is 0 Å². The molecule has 2 N–H and O–H groups in total. The van der Waals surface area contributed by atoms with Crippen molar-refractivity contribution in [1.29, 1.82) is 0 Å². The maximum absolute atomic E-state index is 12.6. The van der Waals surface area contributed by atoms with Gasteiger partial charge in [0.1, 0.15) is 0 Å². The summed E-state index contributed by atoms with van der Waals surface area (Å²) in [5.74, 6) is 3.18. The first-order valence-corrected chi connectivity index (χ1v) is 7.44. The number of carbonyl (C=O) groups excluding carboxylic acids is 1. The summed E-state index contributed by atoms with van der Waals surface area (Å²) in [4.78, 5) is 22.7. The Morgan fingerprint density at radius 2 is 1.96 bits per heavy atom. The first-order valence-electron chi connectivity index (χ1n) is 7.44. The van der Waals surface area contributed by atoms with Crippen LogP contribution in [-0.2, 0) is 15.8 Å². The number of carboxylic acids is 1. The van der Waals surface area contributed by atoms with Gasteiger partial charge in [0.2, 0.25) is 5.91 Å². The fourth-order valence-corrected chi connectivity index (χ4v) is 2.64. The van der Waals surface area contributed by atoms with Crippen LogP contribution in [0.4, 0.5) is 13.2 Å². The van der Waals surface area contributed by atoms with E-state index in [4.69, 9.17) is 5.11 Å². The molecule has 1 aromatic carbocycles. The fourth-order valence-electron chi connectivity index (χ4n) is 2.64. The third kappa shape index (κ3) is 4.75. The minimum absolute atomic E-state index is 0.00329. The van der Waals surface area contributed by atoms with Crippen molar-refractivity contribution >= 4 is 11.9 Å². The number of carboxylic acid groups (broad SMARTS) is 1. The maximum Gasteiger partial charge on any atom is 0.416 e. The van der Waals surface area contributed by atoms with Crippen LogP contribution < -0.4 is 5.32 Å². The largest absolute Gasteiger partial charge is 0.481 e. The highest BCUT2D eigenvalue weighted by Crippen LogP contribution is 2.31. The first-order chi connectivity index (χ1) is 11.3. The van der Waals surface area contributed by atoms with Gasteiger partial charge in [-0.1, -0.05) is 17.9 Å². The van der Waals surface area contributed by atoms with Crippen molar-refractivity contribution in [1.82, 2.24) is 5.32 Å². The highest BCUT2D eigenvalue weighted by molar-refractivity contribution is 5.81. The van der Waals surface area contributed by atoms with Crippen LogP contribution in [0.2, 0.25) is 0 Å². The van der Waals surface area contributed by atoms with Gasteiger partial charge in [0.15, 0.2) is 0 Å². The van der Waals surface area contributed by atoms with Crippen LogP contribution in [0.15, 0.2) is 24.3 Å². The number of nitrogens with one attached hydrogen (secondary N) is 1. The minimum Gasteiger partial charge on any atom is -0.481 e. The number of hydrogen-bond donors (Lipinski definition) is 2. The second-order valence-corrected chi connectivity index (χ2v) is 5.64. The number of aliphatic carboxylic acids is 1. The van der Waals surface area contributed by atoms with Crippen LogP contribution in [0.3, 0.4) is 0 Å². The first kappa shape index (κ1) is 17.9. The molecule has 0 aromatic heterocycles. The number of halogens is 3. The molecular formula is C17H16F3NO3. The molecule has 0 heterocycles. The van der Waals surface area contributed by atoms with E-state index in [0.717, 1.165) is 12.1 Å². The summed E-state index contributed by atoms with van der Waals surface area (Å²) in [5, 5.41) is 11.5. The molecule has 1 fully saturated rings. The van der Waals surface area contributed by atoms with Gasteiger partial charge in [-0.15, -0.1) is 0 Å². The second-order valence-electron chi connectivity index (χ2n) is 5.64. The van der Waals surface area contributed by atoms with Gasteiger partial charge in [0.05, 0.1) is 18.0 Å². The van der Waals surface area contributed by atoms with E-state index in [1.165, 1.54) is 12.1 Å². The lowest BCUT2D eigenvalue weighted by molar-refractivity contribution is -0.141. The standard InChI is InChI=1S/C17H16F3NO3/c18-17(19,20)14-5-1-3-11(9-14)4-2-8-21-15(22)12-6-7-13(10-12)16(23)24/h1,3,5,9,12-13H,6-8,10H2,(H,21,22)(H,23,24)/t12-,13+/m0/s1. The Bertz CT molecular complexity index is 688. The lowest BCUT2D eigenvalue weighted by Crippen LogP contribution is -2.30. The fraction of sp³-hybridized carbons (Fsp3) is 0.412. The minimum atomic E-state index is -4.42. The van der Waals surface area contributed by atoms with E-state index in [-0.39, 0.29) is 23.9 Å². The van der Waals surface area contributed by atoms with Gasteiger partial charge in [-0.2, -0.15) is 13.2 Å². The van der Waals surface area contributed by atoms with E-state index in [0.29, 0.717) is 19.3 Å². The molecular weight excluding hydrogens is 323 g/mol. The summed E-state index contributed by atoms with van der Waals surface area (Å²) in [6.07, 6.45) is -3.12. The lowest BCUT2D eigenvalue weighted by atomic mass is 10.0.